The standard InChI is InChI=1S/C18H20BrN3O3/c1-11-16(12(2)22(4)21-11)8-9-17(23)25-13(3)18(24)20-15-7-5-6-14(19)10-15/h5-10,13H,1-4H3,(H,20,24)/b9-8+/t13-/m1/s1. The van der Waals surface area contributed by atoms with Gasteiger partial charge in [-0.3, -0.25) is 9.48 Å². The van der Waals surface area contributed by atoms with Crippen molar-refractivity contribution in [3.63, 3.8) is 0 Å². The average Bonchev–Trinajstić information content (AvgIpc) is 2.78. The molecule has 6 nitrogen and oxygen atoms in total. The maximum absolute atomic E-state index is 12.1. The molecule has 0 aliphatic carbocycles. The Balaban J connectivity index is 1.95. The Morgan fingerprint density at radius 3 is 2.68 bits per heavy atom. The summed E-state index contributed by atoms with van der Waals surface area (Å²) in [6.45, 7) is 5.31. The van der Waals surface area contributed by atoms with Gasteiger partial charge >= 0.3 is 5.97 Å². The van der Waals surface area contributed by atoms with Gasteiger partial charge in [0.1, 0.15) is 0 Å². The van der Waals surface area contributed by atoms with Gasteiger partial charge in [0.15, 0.2) is 6.10 Å². The van der Waals surface area contributed by atoms with Crippen LogP contribution in [0.1, 0.15) is 23.9 Å². The fourth-order valence-corrected chi connectivity index (χ4v) is 2.66. The lowest BCUT2D eigenvalue weighted by Crippen LogP contribution is -2.29. The Hall–Kier alpha value is -2.41. The molecule has 132 valence electrons. The van der Waals surface area contributed by atoms with Crippen LogP contribution in [0.3, 0.4) is 0 Å². The number of ether oxygens (including phenoxy) is 1. The van der Waals surface area contributed by atoms with Gasteiger partial charge in [-0.2, -0.15) is 5.10 Å². The lowest BCUT2D eigenvalue weighted by Gasteiger charge is -2.12. The summed E-state index contributed by atoms with van der Waals surface area (Å²) in [5.74, 6) is -0.979. The van der Waals surface area contributed by atoms with E-state index in [-0.39, 0.29) is 0 Å². The lowest BCUT2D eigenvalue weighted by molar-refractivity contribution is -0.148. The lowest BCUT2D eigenvalue weighted by atomic mass is 10.2. The summed E-state index contributed by atoms with van der Waals surface area (Å²) < 4.78 is 7.74. The number of halogens is 1. The van der Waals surface area contributed by atoms with Crippen LogP contribution in [0.4, 0.5) is 5.69 Å². The van der Waals surface area contributed by atoms with Crippen LogP contribution in [0.2, 0.25) is 0 Å². The largest absolute Gasteiger partial charge is 0.449 e. The Labute approximate surface area is 155 Å². The number of benzene rings is 1. The van der Waals surface area contributed by atoms with Crippen molar-refractivity contribution in [3.05, 3.63) is 51.8 Å². The number of amides is 1. The van der Waals surface area contributed by atoms with Crippen LogP contribution in [0, 0.1) is 13.8 Å². The molecule has 0 aliphatic heterocycles. The summed E-state index contributed by atoms with van der Waals surface area (Å²) in [7, 11) is 1.84. The first-order chi connectivity index (χ1) is 11.8. The van der Waals surface area contributed by atoms with Crippen molar-refractivity contribution < 1.29 is 14.3 Å². The minimum absolute atomic E-state index is 0.395. The summed E-state index contributed by atoms with van der Waals surface area (Å²) in [4.78, 5) is 24.0. The molecule has 1 amide bonds. The van der Waals surface area contributed by atoms with E-state index in [9.17, 15) is 9.59 Å². The number of rotatable bonds is 5. The predicted molar refractivity (Wildman–Crippen MR) is 100 cm³/mol. The first-order valence-corrected chi connectivity index (χ1v) is 8.52. The molecule has 0 aliphatic rings. The van der Waals surface area contributed by atoms with Crippen molar-refractivity contribution >= 4 is 39.6 Å². The van der Waals surface area contributed by atoms with Crippen LogP contribution >= 0.6 is 15.9 Å². The van der Waals surface area contributed by atoms with E-state index in [0.29, 0.717) is 5.69 Å². The maximum atomic E-state index is 12.1. The second kappa shape index (κ2) is 8.11. The highest BCUT2D eigenvalue weighted by molar-refractivity contribution is 9.10. The zero-order valence-corrected chi connectivity index (χ0v) is 16.1. The molecule has 0 saturated carbocycles. The zero-order chi connectivity index (χ0) is 18.6. The van der Waals surface area contributed by atoms with Gasteiger partial charge in [-0.05, 0) is 45.0 Å². The maximum Gasteiger partial charge on any atom is 0.331 e. The number of hydrogen-bond donors (Lipinski definition) is 1. The number of anilines is 1. The van der Waals surface area contributed by atoms with Crippen LogP contribution in [0.15, 0.2) is 34.8 Å². The number of carbonyl (C=O) groups excluding carboxylic acids is 2. The molecule has 0 fully saturated rings. The second-order valence-corrected chi connectivity index (χ2v) is 6.54. The molecule has 25 heavy (non-hydrogen) atoms. The van der Waals surface area contributed by atoms with Crippen molar-refractivity contribution in [2.45, 2.75) is 26.9 Å². The normalized spacial score (nSPS) is 12.2. The molecule has 2 aromatic rings. The molecule has 0 unspecified atom stereocenters. The number of hydrogen-bond acceptors (Lipinski definition) is 4. The van der Waals surface area contributed by atoms with Crippen LogP contribution in [-0.4, -0.2) is 27.8 Å². The number of carbonyl (C=O) groups is 2. The summed E-state index contributed by atoms with van der Waals surface area (Å²) in [6.07, 6.45) is 2.05. The highest BCUT2D eigenvalue weighted by atomic mass is 79.9. The van der Waals surface area contributed by atoms with Gasteiger partial charge in [0.2, 0.25) is 0 Å². The van der Waals surface area contributed by atoms with Crippen molar-refractivity contribution in [1.82, 2.24) is 9.78 Å². The van der Waals surface area contributed by atoms with Crippen LogP contribution < -0.4 is 5.32 Å². The van der Waals surface area contributed by atoms with Gasteiger partial charge in [0.25, 0.3) is 5.91 Å². The van der Waals surface area contributed by atoms with E-state index in [4.69, 9.17) is 4.74 Å². The molecule has 7 heteroatoms. The number of aromatic nitrogens is 2. The Morgan fingerprint density at radius 2 is 2.08 bits per heavy atom. The van der Waals surface area contributed by atoms with Gasteiger partial charge in [-0.25, -0.2) is 4.79 Å². The topological polar surface area (TPSA) is 73.2 Å². The van der Waals surface area contributed by atoms with Gasteiger partial charge in [-0.15, -0.1) is 0 Å². The highest BCUT2D eigenvalue weighted by Crippen LogP contribution is 2.16. The van der Waals surface area contributed by atoms with E-state index >= 15 is 0 Å². The van der Waals surface area contributed by atoms with Crippen molar-refractivity contribution in [3.8, 4) is 0 Å². The number of esters is 1. The Kier molecular flexibility index (Phi) is 6.14. The highest BCUT2D eigenvalue weighted by Gasteiger charge is 2.17. The zero-order valence-electron chi connectivity index (χ0n) is 14.5. The number of nitrogens with zero attached hydrogens (tertiary/aromatic N) is 2. The summed E-state index contributed by atoms with van der Waals surface area (Å²) >= 11 is 3.33. The van der Waals surface area contributed by atoms with E-state index in [0.717, 1.165) is 21.4 Å². The molecule has 0 radical (unpaired) electrons. The fraction of sp³-hybridized carbons (Fsp3) is 0.278. The molecule has 0 bridgehead atoms. The SMILES string of the molecule is Cc1nn(C)c(C)c1/C=C/C(=O)O[C@H](C)C(=O)Nc1cccc(Br)c1. The Morgan fingerprint density at radius 1 is 1.36 bits per heavy atom. The minimum atomic E-state index is -0.910. The van der Waals surface area contributed by atoms with E-state index in [1.165, 1.54) is 13.0 Å². The molecule has 1 heterocycles. The third-order valence-corrected chi connectivity index (χ3v) is 4.20. The van der Waals surface area contributed by atoms with E-state index in [1.807, 2.05) is 27.0 Å². The fourth-order valence-electron chi connectivity index (χ4n) is 2.26. The van der Waals surface area contributed by atoms with E-state index < -0.39 is 18.0 Å². The van der Waals surface area contributed by atoms with Gasteiger partial charge in [0.05, 0.1) is 5.69 Å². The predicted octanol–water partition coefficient (Wildman–Crippen LogP) is 3.38. The van der Waals surface area contributed by atoms with Gasteiger partial charge in [-0.1, -0.05) is 22.0 Å². The number of nitrogens with one attached hydrogen (secondary N) is 1. The first-order valence-electron chi connectivity index (χ1n) is 7.73. The molecule has 1 N–H and O–H groups in total. The first kappa shape index (κ1) is 18.9. The molecule has 1 aromatic carbocycles. The van der Waals surface area contributed by atoms with Gasteiger partial charge < -0.3 is 10.1 Å². The second-order valence-electron chi connectivity index (χ2n) is 5.62. The number of aryl methyl sites for hydroxylation is 2. The van der Waals surface area contributed by atoms with Crippen molar-refractivity contribution in [1.29, 1.82) is 0 Å². The molecule has 0 spiro atoms. The van der Waals surface area contributed by atoms with Crippen LogP contribution in [-0.2, 0) is 21.4 Å². The van der Waals surface area contributed by atoms with Crippen molar-refractivity contribution in [2.75, 3.05) is 5.32 Å². The molecule has 2 rings (SSSR count). The smallest absolute Gasteiger partial charge is 0.331 e. The molecule has 0 saturated heterocycles. The van der Waals surface area contributed by atoms with E-state index in [1.54, 1.807) is 29.0 Å². The van der Waals surface area contributed by atoms with Gasteiger partial charge in [0, 0.05) is 34.5 Å². The van der Waals surface area contributed by atoms with Crippen LogP contribution in [0.25, 0.3) is 6.08 Å². The van der Waals surface area contributed by atoms with Crippen molar-refractivity contribution in [2.24, 2.45) is 7.05 Å². The summed E-state index contributed by atoms with van der Waals surface area (Å²) in [6, 6.07) is 7.18. The Bertz CT molecular complexity index is 827. The third kappa shape index (κ3) is 5.03. The van der Waals surface area contributed by atoms with E-state index in [2.05, 4.69) is 26.3 Å². The monoisotopic (exact) mass is 405 g/mol. The molecular weight excluding hydrogens is 386 g/mol. The molecule has 1 atom stereocenters. The quantitative estimate of drug-likeness (QED) is 0.611. The third-order valence-electron chi connectivity index (χ3n) is 3.71. The minimum Gasteiger partial charge on any atom is -0.449 e. The molecule has 1 aromatic heterocycles. The average molecular weight is 406 g/mol. The summed E-state index contributed by atoms with van der Waals surface area (Å²) in [5, 5.41) is 6.98. The summed E-state index contributed by atoms with van der Waals surface area (Å²) in [5.41, 5.74) is 3.26. The molecular formula is C18H20BrN3O3. The van der Waals surface area contributed by atoms with Crippen LogP contribution in [0.5, 0.6) is 0 Å².